The number of amides is 1. The number of likely N-dealkylation sites (tertiary alicyclic amines) is 1. The summed E-state index contributed by atoms with van der Waals surface area (Å²) in [4.78, 5) is 24.4. The molecule has 2 unspecified atom stereocenters. The van der Waals surface area contributed by atoms with Gasteiger partial charge in [0.25, 0.3) is 0 Å². The maximum absolute atomic E-state index is 11.3. The van der Waals surface area contributed by atoms with E-state index in [-0.39, 0.29) is 23.8 Å². The minimum atomic E-state index is -0.245. The number of carbonyl (C=O) groups excluding carboxylic acids is 2. The lowest BCUT2D eigenvalue weighted by atomic mass is 10.1. The van der Waals surface area contributed by atoms with Gasteiger partial charge in [-0.2, -0.15) is 0 Å². The molecule has 92 valence electrons. The van der Waals surface area contributed by atoms with E-state index in [1.54, 1.807) is 6.92 Å². The van der Waals surface area contributed by atoms with Crippen LogP contribution in [0, 0.1) is 5.92 Å². The summed E-state index contributed by atoms with van der Waals surface area (Å²) >= 11 is 0. The number of hydrogen-bond acceptors (Lipinski definition) is 4. The fraction of sp³-hybridized carbons (Fsp3) is 0.818. The summed E-state index contributed by atoms with van der Waals surface area (Å²) in [5.74, 6) is -0.493. The van der Waals surface area contributed by atoms with E-state index in [4.69, 9.17) is 10.5 Å². The second-order valence-electron chi connectivity index (χ2n) is 4.24. The third-order valence-electron chi connectivity index (χ3n) is 3.01. The zero-order valence-corrected chi connectivity index (χ0v) is 9.94. The molecule has 2 atom stereocenters. The van der Waals surface area contributed by atoms with E-state index in [9.17, 15) is 9.59 Å². The van der Waals surface area contributed by atoms with Gasteiger partial charge in [-0.15, -0.1) is 0 Å². The molecule has 5 nitrogen and oxygen atoms in total. The van der Waals surface area contributed by atoms with Crippen LogP contribution in [0.3, 0.4) is 0 Å². The molecule has 0 aliphatic carbocycles. The fourth-order valence-electron chi connectivity index (χ4n) is 2.01. The summed E-state index contributed by atoms with van der Waals surface area (Å²) in [5.41, 5.74) is 5.25. The number of nitrogens with zero attached hydrogens (tertiary/aromatic N) is 1. The van der Waals surface area contributed by atoms with Crippen LogP contribution in [0.25, 0.3) is 0 Å². The van der Waals surface area contributed by atoms with Gasteiger partial charge in [-0.05, 0) is 26.8 Å². The molecule has 16 heavy (non-hydrogen) atoms. The first kappa shape index (κ1) is 13.0. The van der Waals surface area contributed by atoms with Crippen LogP contribution in [-0.2, 0) is 14.3 Å². The summed E-state index contributed by atoms with van der Waals surface area (Å²) in [5, 5.41) is 0. The summed E-state index contributed by atoms with van der Waals surface area (Å²) < 4.78 is 4.89. The largest absolute Gasteiger partial charge is 0.466 e. The van der Waals surface area contributed by atoms with Crippen molar-refractivity contribution in [3.8, 4) is 0 Å². The third kappa shape index (κ3) is 3.48. The molecule has 0 aromatic heterocycles. The highest BCUT2D eigenvalue weighted by atomic mass is 16.5. The average Bonchev–Trinajstić information content (AvgIpc) is 2.66. The molecule has 1 saturated heterocycles. The molecule has 0 aromatic rings. The van der Waals surface area contributed by atoms with Crippen LogP contribution >= 0.6 is 0 Å². The Bertz CT molecular complexity index is 268. The van der Waals surface area contributed by atoms with Crippen LogP contribution in [-0.4, -0.2) is 42.5 Å². The fourth-order valence-corrected chi connectivity index (χ4v) is 2.01. The van der Waals surface area contributed by atoms with Crippen LogP contribution in [0.1, 0.15) is 26.7 Å². The molecule has 2 N–H and O–H groups in total. The van der Waals surface area contributed by atoms with E-state index in [0.29, 0.717) is 19.6 Å². The van der Waals surface area contributed by atoms with Crippen LogP contribution in [0.5, 0.6) is 0 Å². The van der Waals surface area contributed by atoms with Gasteiger partial charge in [0.2, 0.25) is 5.91 Å². The van der Waals surface area contributed by atoms with Gasteiger partial charge in [-0.25, -0.2) is 0 Å². The number of primary amides is 1. The first-order valence-corrected chi connectivity index (χ1v) is 5.73. The highest BCUT2D eigenvalue weighted by molar-refractivity contribution is 5.77. The predicted molar refractivity (Wildman–Crippen MR) is 59.6 cm³/mol. The first-order chi connectivity index (χ1) is 7.54. The Hall–Kier alpha value is -1.10. The van der Waals surface area contributed by atoms with Gasteiger partial charge in [0.05, 0.1) is 18.9 Å². The average molecular weight is 228 g/mol. The van der Waals surface area contributed by atoms with E-state index in [2.05, 4.69) is 4.90 Å². The quantitative estimate of drug-likeness (QED) is 0.679. The molecular formula is C11H20N2O3. The van der Waals surface area contributed by atoms with Crippen LogP contribution in [0.4, 0.5) is 0 Å². The van der Waals surface area contributed by atoms with Gasteiger partial charge < -0.3 is 10.5 Å². The van der Waals surface area contributed by atoms with E-state index in [1.165, 1.54) is 0 Å². The van der Waals surface area contributed by atoms with Crippen molar-refractivity contribution >= 4 is 11.9 Å². The second kappa shape index (κ2) is 5.84. The zero-order chi connectivity index (χ0) is 12.1. The van der Waals surface area contributed by atoms with Crippen molar-refractivity contribution in [3.05, 3.63) is 0 Å². The number of rotatable bonds is 5. The van der Waals surface area contributed by atoms with Crippen molar-refractivity contribution in [2.24, 2.45) is 11.7 Å². The molecule has 0 spiro atoms. The Morgan fingerprint density at radius 3 is 2.75 bits per heavy atom. The van der Waals surface area contributed by atoms with Crippen LogP contribution in [0.2, 0.25) is 0 Å². The Balaban J connectivity index is 2.36. The number of esters is 1. The van der Waals surface area contributed by atoms with Gasteiger partial charge in [-0.1, -0.05) is 0 Å². The maximum Gasteiger partial charge on any atom is 0.307 e. The van der Waals surface area contributed by atoms with Crippen molar-refractivity contribution in [1.29, 1.82) is 0 Å². The molecule has 1 amide bonds. The summed E-state index contributed by atoms with van der Waals surface area (Å²) in [6.07, 6.45) is 1.17. The van der Waals surface area contributed by atoms with E-state index in [0.717, 1.165) is 13.0 Å². The van der Waals surface area contributed by atoms with Gasteiger partial charge in [0.1, 0.15) is 0 Å². The topological polar surface area (TPSA) is 72.6 Å². The molecule has 1 fully saturated rings. The van der Waals surface area contributed by atoms with Crippen molar-refractivity contribution in [2.45, 2.75) is 32.7 Å². The lowest BCUT2D eigenvalue weighted by Crippen LogP contribution is -2.35. The minimum Gasteiger partial charge on any atom is -0.466 e. The molecule has 1 aliphatic rings. The van der Waals surface area contributed by atoms with Crippen molar-refractivity contribution in [2.75, 3.05) is 19.7 Å². The second-order valence-corrected chi connectivity index (χ2v) is 4.24. The Morgan fingerprint density at radius 1 is 1.56 bits per heavy atom. The monoisotopic (exact) mass is 228 g/mol. The third-order valence-corrected chi connectivity index (χ3v) is 3.01. The minimum absolute atomic E-state index is 0.0651. The lowest BCUT2D eigenvalue weighted by Gasteiger charge is -2.23. The molecule has 0 saturated carbocycles. The van der Waals surface area contributed by atoms with Gasteiger partial charge in [0, 0.05) is 12.6 Å². The van der Waals surface area contributed by atoms with Crippen LogP contribution < -0.4 is 5.73 Å². The van der Waals surface area contributed by atoms with E-state index < -0.39 is 0 Å². The molecule has 0 aromatic carbocycles. The molecule has 5 heteroatoms. The Labute approximate surface area is 95.9 Å². The Morgan fingerprint density at radius 2 is 2.25 bits per heavy atom. The number of carbonyl (C=O) groups is 2. The van der Waals surface area contributed by atoms with Crippen LogP contribution in [0.15, 0.2) is 0 Å². The number of ether oxygens (including phenoxy) is 1. The van der Waals surface area contributed by atoms with Gasteiger partial charge in [0.15, 0.2) is 0 Å². The molecule has 1 rings (SSSR count). The molecule has 0 radical (unpaired) electrons. The standard InChI is InChI=1S/C11H20N2O3/c1-3-16-10(14)6-8(2)13-5-4-9(7-13)11(12)15/h8-9H,3-7H2,1-2H3,(H2,12,15). The normalized spacial score (nSPS) is 23.0. The summed E-state index contributed by atoms with van der Waals surface area (Å²) in [6, 6.07) is 0.114. The highest BCUT2D eigenvalue weighted by Gasteiger charge is 2.30. The molecular weight excluding hydrogens is 208 g/mol. The SMILES string of the molecule is CCOC(=O)CC(C)N1CCC(C(N)=O)C1. The van der Waals surface area contributed by atoms with E-state index in [1.807, 2.05) is 6.92 Å². The zero-order valence-electron chi connectivity index (χ0n) is 9.94. The highest BCUT2D eigenvalue weighted by Crippen LogP contribution is 2.19. The maximum atomic E-state index is 11.3. The van der Waals surface area contributed by atoms with Crippen molar-refractivity contribution in [1.82, 2.24) is 4.90 Å². The molecule has 0 bridgehead atoms. The van der Waals surface area contributed by atoms with Crippen molar-refractivity contribution in [3.63, 3.8) is 0 Å². The smallest absolute Gasteiger partial charge is 0.307 e. The predicted octanol–water partition coefficient (Wildman–Crippen LogP) is 0.135. The summed E-state index contributed by atoms with van der Waals surface area (Å²) in [6.45, 7) is 5.67. The molecule has 1 aliphatic heterocycles. The van der Waals surface area contributed by atoms with Gasteiger partial charge in [-0.3, -0.25) is 14.5 Å². The van der Waals surface area contributed by atoms with Gasteiger partial charge >= 0.3 is 5.97 Å². The van der Waals surface area contributed by atoms with Crippen molar-refractivity contribution < 1.29 is 14.3 Å². The first-order valence-electron chi connectivity index (χ1n) is 5.73. The number of hydrogen-bond donors (Lipinski definition) is 1. The van der Waals surface area contributed by atoms with E-state index >= 15 is 0 Å². The Kier molecular flexibility index (Phi) is 4.73. The summed E-state index contributed by atoms with van der Waals surface area (Å²) in [7, 11) is 0. The number of nitrogens with two attached hydrogens (primary N) is 1. The lowest BCUT2D eigenvalue weighted by molar-refractivity contribution is -0.144. The molecule has 1 heterocycles.